The molecule has 1 aromatic heterocycles. The van der Waals surface area contributed by atoms with E-state index < -0.39 is 0 Å². The third-order valence-electron chi connectivity index (χ3n) is 3.45. The van der Waals surface area contributed by atoms with Gasteiger partial charge in [0.25, 0.3) is 0 Å². The smallest absolute Gasteiger partial charge is 0.135 e. The van der Waals surface area contributed by atoms with Crippen molar-refractivity contribution < 1.29 is 0 Å². The molecule has 0 unspecified atom stereocenters. The van der Waals surface area contributed by atoms with Crippen LogP contribution < -0.4 is 10.6 Å². The highest BCUT2D eigenvalue weighted by atomic mass is 15.1. The summed E-state index contributed by atoms with van der Waals surface area (Å²) in [6.45, 7) is 7.51. The third kappa shape index (κ3) is 2.92. The van der Waals surface area contributed by atoms with Gasteiger partial charge in [-0.05, 0) is 31.6 Å². The predicted octanol–water partition coefficient (Wildman–Crippen LogP) is 3.39. The van der Waals surface area contributed by atoms with Crippen LogP contribution in [0.5, 0.6) is 0 Å². The second-order valence-electron chi connectivity index (χ2n) is 5.34. The molecule has 18 heavy (non-hydrogen) atoms. The van der Waals surface area contributed by atoms with Crippen LogP contribution in [0.2, 0.25) is 0 Å². The minimum absolute atomic E-state index is 0.424. The molecule has 0 atom stereocenters. The zero-order chi connectivity index (χ0) is 13.0. The topological polar surface area (TPSA) is 49.8 Å². The molecule has 2 N–H and O–H groups in total. The molecular formula is C14H24N4. The molecule has 0 spiro atoms. The SMILES string of the molecule is CCCNc1ncnc(NC2CCC2)c1C(C)C. The molecule has 100 valence electrons. The highest BCUT2D eigenvalue weighted by molar-refractivity contribution is 5.59. The van der Waals surface area contributed by atoms with Gasteiger partial charge < -0.3 is 10.6 Å². The molecule has 4 nitrogen and oxygen atoms in total. The largest absolute Gasteiger partial charge is 0.370 e. The van der Waals surface area contributed by atoms with Crippen LogP contribution in [0, 0.1) is 0 Å². The number of aromatic nitrogens is 2. The summed E-state index contributed by atoms with van der Waals surface area (Å²) in [4.78, 5) is 8.82. The van der Waals surface area contributed by atoms with Crippen LogP contribution in [0.3, 0.4) is 0 Å². The Morgan fingerprint density at radius 1 is 1.28 bits per heavy atom. The Hall–Kier alpha value is -1.32. The fourth-order valence-electron chi connectivity index (χ4n) is 2.19. The zero-order valence-electron chi connectivity index (χ0n) is 11.7. The molecule has 0 radical (unpaired) electrons. The molecule has 4 heteroatoms. The first kappa shape index (κ1) is 13.1. The first-order valence-corrected chi connectivity index (χ1v) is 7.07. The molecule has 1 fully saturated rings. The van der Waals surface area contributed by atoms with E-state index in [1.165, 1.54) is 24.8 Å². The molecule has 0 aliphatic heterocycles. The van der Waals surface area contributed by atoms with Crippen molar-refractivity contribution in [2.24, 2.45) is 0 Å². The van der Waals surface area contributed by atoms with E-state index in [2.05, 4.69) is 41.4 Å². The first-order chi connectivity index (χ1) is 8.72. The second kappa shape index (κ2) is 6.03. The van der Waals surface area contributed by atoms with Crippen molar-refractivity contribution in [3.63, 3.8) is 0 Å². The lowest BCUT2D eigenvalue weighted by Gasteiger charge is -2.29. The minimum Gasteiger partial charge on any atom is -0.370 e. The van der Waals surface area contributed by atoms with Gasteiger partial charge in [-0.2, -0.15) is 0 Å². The first-order valence-electron chi connectivity index (χ1n) is 7.07. The van der Waals surface area contributed by atoms with Crippen molar-refractivity contribution in [1.82, 2.24) is 9.97 Å². The van der Waals surface area contributed by atoms with E-state index in [9.17, 15) is 0 Å². The van der Waals surface area contributed by atoms with E-state index in [0.29, 0.717) is 12.0 Å². The summed E-state index contributed by atoms with van der Waals surface area (Å²) in [7, 11) is 0. The Balaban J connectivity index is 2.20. The lowest BCUT2D eigenvalue weighted by molar-refractivity contribution is 0.444. The van der Waals surface area contributed by atoms with E-state index in [1.807, 2.05) is 0 Å². The van der Waals surface area contributed by atoms with Gasteiger partial charge in [-0.25, -0.2) is 9.97 Å². The summed E-state index contributed by atoms with van der Waals surface area (Å²) in [5.41, 5.74) is 1.22. The van der Waals surface area contributed by atoms with Crippen LogP contribution in [0.15, 0.2) is 6.33 Å². The molecule has 0 saturated heterocycles. The number of anilines is 2. The summed E-state index contributed by atoms with van der Waals surface area (Å²) in [6, 6.07) is 0.608. The van der Waals surface area contributed by atoms with Gasteiger partial charge in [0.05, 0.1) is 0 Å². The molecule has 1 aliphatic carbocycles. The van der Waals surface area contributed by atoms with Crippen LogP contribution in [0.1, 0.15) is 57.9 Å². The standard InChI is InChI=1S/C14H24N4/c1-4-8-15-13-12(10(2)3)14(17-9-16-13)18-11-6-5-7-11/h9-11H,4-8H2,1-3H3,(H2,15,16,17,18). The summed E-state index contributed by atoms with van der Waals surface area (Å²) < 4.78 is 0. The third-order valence-corrected chi connectivity index (χ3v) is 3.45. The van der Waals surface area contributed by atoms with Gasteiger partial charge in [-0.3, -0.25) is 0 Å². The summed E-state index contributed by atoms with van der Waals surface area (Å²) in [6.07, 6.45) is 6.62. The van der Waals surface area contributed by atoms with E-state index in [1.54, 1.807) is 6.33 Å². The molecule has 1 aliphatic rings. The monoisotopic (exact) mass is 248 g/mol. The van der Waals surface area contributed by atoms with E-state index >= 15 is 0 Å². The van der Waals surface area contributed by atoms with Crippen LogP contribution in [0.25, 0.3) is 0 Å². The zero-order valence-corrected chi connectivity index (χ0v) is 11.7. The van der Waals surface area contributed by atoms with Gasteiger partial charge in [0, 0.05) is 18.2 Å². The van der Waals surface area contributed by atoms with E-state index in [0.717, 1.165) is 24.6 Å². The predicted molar refractivity (Wildman–Crippen MR) is 76.2 cm³/mol. The second-order valence-corrected chi connectivity index (χ2v) is 5.34. The van der Waals surface area contributed by atoms with Crippen molar-refractivity contribution in [3.8, 4) is 0 Å². The van der Waals surface area contributed by atoms with E-state index in [4.69, 9.17) is 0 Å². The number of hydrogen-bond donors (Lipinski definition) is 2. The van der Waals surface area contributed by atoms with Crippen LogP contribution in [0.4, 0.5) is 11.6 Å². The fraction of sp³-hybridized carbons (Fsp3) is 0.714. The highest BCUT2D eigenvalue weighted by Crippen LogP contribution is 2.31. The van der Waals surface area contributed by atoms with Crippen molar-refractivity contribution in [2.45, 2.75) is 58.4 Å². The number of nitrogens with one attached hydrogen (secondary N) is 2. The Morgan fingerprint density at radius 3 is 2.56 bits per heavy atom. The number of nitrogens with zero attached hydrogens (tertiary/aromatic N) is 2. The maximum atomic E-state index is 4.43. The van der Waals surface area contributed by atoms with Gasteiger partial charge in [0.2, 0.25) is 0 Å². The quantitative estimate of drug-likeness (QED) is 0.810. The van der Waals surface area contributed by atoms with Gasteiger partial charge in [-0.15, -0.1) is 0 Å². The Labute approximate surface area is 110 Å². The lowest BCUT2D eigenvalue weighted by Crippen LogP contribution is -2.28. The van der Waals surface area contributed by atoms with Crippen LogP contribution in [-0.2, 0) is 0 Å². The molecule has 1 saturated carbocycles. The molecule has 0 aromatic carbocycles. The molecule has 1 aromatic rings. The normalized spacial score (nSPS) is 15.6. The van der Waals surface area contributed by atoms with Gasteiger partial charge in [-0.1, -0.05) is 20.8 Å². The van der Waals surface area contributed by atoms with Crippen molar-refractivity contribution in [2.75, 3.05) is 17.2 Å². The van der Waals surface area contributed by atoms with E-state index in [-0.39, 0.29) is 0 Å². The minimum atomic E-state index is 0.424. The Bertz CT molecular complexity index is 385. The number of rotatable bonds is 6. The van der Waals surface area contributed by atoms with Gasteiger partial charge in [0.15, 0.2) is 0 Å². The molecule has 2 rings (SSSR count). The highest BCUT2D eigenvalue weighted by Gasteiger charge is 2.21. The van der Waals surface area contributed by atoms with Gasteiger partial charge in [0.1, 0.15) is 18.0 Å². The number of hydrogen-bond acceptors (Lipinski definition) is 4. The van der Waals surface area contributed by atoms with Crippen molar-refractivity contribution in [1.29, 1.82) is 0 Å². The lowest BCUT2D eigenvalue weighted by atomic mass is 9.92. The van der Waals surface area contributed by atoms with Crippen molar-refractivity contribution in [3.05, 3.63) is 11.9 Å². The molecule has 1 heterocycles. The Morgan fingerprint density at radius 2 is 2.00 bits per heavy atom. The average molecular weight is 248 g/mol. The summed E-state index contributed by atoms with van der Waals surface area (Å²) in [5.74, 6) is 2.43. The fourth-order valence-corrected chi connectivity index (χ4v) is 2.19. The van der Waals surface area contributed by atoms with Gasteiger partial charge >= 0.3 is 0 Å². The maximum absolute atomic E-state index is 4.43. The maximum Gasteiger partial charge on any atom is 0.135 e. The summed E-state index contributed by atoms with van der Waals surface area (Å²) in [5, 5.41) is 6.96. The molecule has 0 amide bonds. The summed E-state index contributed by atoms with van der Waals surface area (Å²) >= 11 is 0. The van der Waals surface area contributed by atoms with Crippen LogP contribution in [-0.4, -0.2) is 22.6 Å². The van der Waals surface area contributed by atoms with Crippen molar-refractivity contribution >= 4 is 11.6 Å². The molecular weight excluding hydrogens is 224 g/mol. The average Bonchev–Trinajstić information content (AvgIpc) is 2.30. The Kier molecular flexibility index (Phi) is 4.39. The molecule has 0 bridgehead atoms. The van der Waals surface area contributed by atoms with Crippen LogP contribution >= 0.6 is 0 Å².